The minimum Gasteiger partial charge on any atom is -0.480 e. The van der Waals surface area contributed by atoms with Gasteiger partial charge in [0, 0.05) is 30.8 Å². The Hall–Kier alpha value is -1.62. The van der Waals surface area contributed by atoms with Gasteiger partial charge in [-0.1, -0.05) is 6.07 Å². The Balaban J connectivity index is 2.12. The number of carbonyl (C=O) groups excluding carboxylic acids is 1. The molecule has 0 radical (unpaired) electrons. The van der Waals surface area contributed by atoms with Crippen molar-refractivity contribution < 1.29 is 13.9 Å². The maximum absolute atomic E-state index is 13.3. The molecule has 1 aromatic rings. The molecule has 4 nitrogen and oxygen atoms in total. The highest BCUT2D eigenvalue weighted by Gasteiger charge is 2.25. The molecule has 0 spiro atoms. The molecule has 1 amide bonds. The van der Waals surface area contributed by atoms with Crippen molar-refractivity contribution in [2.75, 3.05) is 13.1 Å². The molecule has 1 aliphatic heterocycles. The van der Waals surface area contributed by atoms with E-state index in [2.05, 4.69) is 0 Å². The fraction of sp³-hybridized carbons (Fsp3) is 0.533. The Labute approximate surface area is 118 Å². The van der Waals surface area contributed by atoms with Gasteiger partial charge in [0.25, 0.3) is 5.91 Å². The molecule has 2 N–H and O–H groups in total. The van der Waals surface area contributed by atoms with E-state index in [-0.39, 0.29) is 11.9 Å². The van der Waals surface area contributed by atoms with Crippen molar-refractivity contribution in [1.29, 1.82) is 0 Å². The van der Waals surface area contributed by atoms with Crippen molar-refractivity contribution in [2.24, 2.45) is 5.73 Å². The zero-order valence-electron chi connectivity index (χ0n) is 11.9. The molecule has 1 fully saturated rings. The molecule has 0 saturated carbocycles. The lowest BCUT2D eigenvalue weighted by Crippen LogP contribution is -2.38. The number of likely N-dealkylation sites (tertiary alicyclic amines) is 1. The van der Waals surface area contributed by atoms with Gasteiger partial charge in [-0.25, -0.2) is 4.39 Å². The second kappa shape index (κ2) is 6.22. The van der Waals surface area contributed by atoms with Crippen LogP contribution in [0.25, 0.3) is 0 Å². The Bertz CT molecular complexity index is 485. The summed E-state index contributed by atoms with van der Waals surface area (Å²) in [5.74, 6) is -0.104. The van der Waals surface area contributed by atoms with Gasteiger partial charge in [-0.05, 0) is 32.8 Å². The van der Waals surface area contributed by atoms with Crippen LogP contribution in [0.15, 0.2) is 18.2 Å². The first-order valence-electron chi connectivity index (χ1n) is 6.99. The van der Waals surface area contributed by atoms with Crippen molar-refractivity contribution in [2.45, 2.75) is 38.8 Å². The maximum atomic E-state index is 13.3. The van der Waals surface area contributed by atoms with Crippen LogP contribution in [0, 0.1) is 5.82 Å². The average molecular weight is 280 g/mol. The van der Waals surface area contributed by atoms with E-state index >= 15 is 0 Å². The lowest BCUT2D eigenvalue weighted by molar-refractivity contribution is -0.136. The first kappa shape index (κ1) is 14.8. The van der Waals surface area contributed by atoms with E-state index in [4.69, 9.17) is 10.5 Å². The molecular weight excluding hydrogens is 259 g/mol. The molecule has 5 heteroatoms. The Kier molecular flexibility index (Phi) is 4.60. The fourth-order valence-electron chi connectivity index (χ4n) is 2.42. The summed E-state index contributed by atoms with van der Waals surface area (Å²) in [5, 5.41) is 0. The third-order valence-corrected chi connectivity index (χ3v) is 3.54. The van der Waals surface area contributed by atoms with E-state index in [1.807, 2.05) is 0 Å². The number of carbonyl (C=O) groups is 1. The molecule has 0 aliphatic carbocycles. The second-order valence-corrected chi connectivity index (χ2v) is 5.26. The number of hydrogen-bond donors (Lipinski definition) is 1. The topological polar surface area (TPSA) is 55.6 Å². The monoisotopic (exact) mass is 280 g/mol. The van der Waals surface area contributed by atoms with Gasteiger partial charge in [0.2, 0.25) is 0 Å². The van der Waals surface area contributed by atoms with E-state index in [0.29, 0.717) is 11.3 Å². The highest BCUT2D eigenvalue weighted by molar-refractivity contribution is 5.81. The van der Waals surface area contributed by atoms with Crippen molar-refractivity contribution in [3.8, 4) is 5.75 Å². The number of nitrogens with zero attached hydrogens (tertiary/aromatic N) is 1. The number of hydrogen-bond acceptors (Lipinski definition) is 3. The normalized spacial score (nSPS) is 17.9. The molecule has 1 heterocycles. The number of benzene rings is 1. The average Bonchev–Trinajstić information content (AvgIpc) is 2.91. The SMILES string of the molecule is CC(Oc1cc(F)ccc1C(C)N)C(=O)N1CCCC1. The van der Waals surface area contributed by atoms with Gasteiger partial charge in [0.1, 0.15) is 11.6 Å². The van der Waals surface area contributed by atoms with E-state index < -0.39 is 11.9 Å². The summed E-state index contributed by atoms with van der Waals surface area (Å²) in [4.78, 5) is 14.0. The maximum Gasteiger partial charge on any atom is 0.263 e. The summed E-state index contributed by atoms with van der Waals surface area (Å²) >= 11 is 0. The van der Waals surface area contributed by atoms with Gasteiger partial charge in [0.05, 0.1) is 0 Å². The van der Waals surface area contributed by atoms with Gasteiger partial charge in [-0.2, -0.15) is 0 Å². The number of halogens is 1. The van der Waals surface area contributed by atoms with Gasteiger partial charge in [0.15, 0.2) is 6.10 Å². The third-order valence-electron chi connectivity index (χ3n) is 3.54. The minimum atomic E-state index is -0.632. The van der Waals surface area contributed by atoms with E-state index in [1.54, 1.807) is 24.8 Å². The Morgan fingerprint density at radius 2 is 2.00 bits per heavy atom. The van der Waals surface area contributed by atoms with Crippen molar-refractivity contribution in [1.82, 2.24) is 4.90 Å². The first-order valence-corrected chi connectivity index (χ1v) is 6.99. The minimum absolute atomic E-state index is 0.0533. The van der Waals surface area contributed by atoms with Crippen molar-refractivity contribution in [3.05, 3.63) is 29.6 Å². The standard InChI is InChI=1S/C15H21FN2O2/c1-10(17)13-6-5-12(16)9-14(13)20-11(2)15(19)18-7-3-4-8-18/h5-6,9-11H,3-4,7-8,17H2,1-2H3. The summed E-state index contributed by atoms with van der Waals surface area (Å²) in [7, 11) is 0. The summed E-state index contributed by atoms with van der Waals surface area (Å²) in [6.07, 6.45) is 1.43. The summed E-state index contributed by atoms with van der Waals surface area (Å²) in [6, 6.07) is 3.95. The molecule has 2 atom stereocenters. The van der Waals surface area contributed by atoms with Crippen LogP contribution < -0.4 is 10.5 Å². The van der Waals surface area contributed by atoms with Crippen molar-refractivity contribution >= 4 is 5.91 Å². The molecule has 1 aliphatic rings. The van der Waals surface area contributed by atoms with Gasteiger partial charge >= 0.3 is 0 Å². The highest BCUT2D eigenvalue weighted by Crippen LogP contribution is 2.26. The van der Waals surface area contributed by atoms with Crippen LogP contribution in [0.2, 0.25) is 0 Å². The molecule has 2 rings (SSSR count). The van der Waals surface area contributed by atoms with Crippen LogP contribution in [-0.2, 0) is 4.79 Å². The Morgan fingerprint density at radius 1 is 1.35 bits per heavy atom. The predicted octanol–water partition coefficient (Wildman–Crippen LogP) is 2.24. The zero-order valence-corrected chi connectivity index (χ0v) is 11.9. The van der Waals surface area contributed by atoms with E-state index in [1.165, 1.54) is 12.1 Å². The number of nitrogens with two attached hydrogens (primary N) is 1. The van der Waals surface area contributed by atoms with Gasteiger partial charge < -0.3 is 15.4 Å². The number of ether oxygens (including phenoxy) is 1. The number of rotatable bonds is 4. The van der Waals surface area contributed by atoms with Crippen LogP contribution in [0.5, 0.6) is 5.75 Å². The van der Waals surface area contributed by atoms with E-state index in [9.17, 15) is 9.18 Å². The zero-order chi connectivity index (χ0) is 14.7. The number of amides is 1. The van der Waals surface area contributed by atoms with Crippen LogP contribution >= 0.6 is 0 Å². The lowest BCUT2D eigenvalue weighted by Gasteiger charge is -2.23. The van der Waals surface area contributed by atoms with Gasteiger partial charge in [-0.3, -0.25) is 4.79 Å². The first-order chi connectivity index (χ1) is 9.49. The van der Waals surface area contributed by atoms with Crippen LogP contribution in [0.4, 0.5) is 4.39 Å². The Morgan fingerprint density at radius 3 is 2.60 bits per heavy atom. The quantitative estimate of drug-likeness (QED) is 0.920. The molecule has 0 bridgehead atoms. The molecule has 20 heavy (non-hydrogen) atoms. The summed E-state index contributed by atoms with van der Waals surface area (Å²) < 4.78 is 19.0. The molecule has 1 aromatic carbocycles. The summed E-state index contributed by atoms with van der Waals surface area (Å²) in [6.45, 7) is 5.04. The second-order valence-electron chi connectivity index (χ2n) is 5.26. The largest absolute Gasteiger partial charge is 0.480 e. The lowest BCUT2D eigenvalue weighted by atomic mass is 10.1. The summed E-state index contributed by atoms with van der Waals surface area (Å²) in [5.41, 5.74) is 6.54. The molecule has 2 unspecified atom stereocenters. The third kappa shape index (κ3) is 3.28. The smallest absolute Gasteiger partial charge is 0.263 e. The molecule has 0 aromatic heterocycles. The molecule has 110 valence electrons. The van der Waals surface area contributed by atoms with Crippen molar-refractivity contribution in [3.63, 3.8) is 0 Å². The predicted molar refractivity (Wildman–Crippen MR) is 74.9 cm³/mol. The molecular formula is C15H21FN2O2. The highest BCUT2D eigenvalue weighted by atomic mass is 19.1. The fourth-order valence-corrected chi connectivity index (χ4v) is 2.42. The van der Waals surface area contributed by atoms with Crippen LogP contribution in [0.1, 0.15) is 38.3 Å². The van der Waals surface area contributed by atoms with Gasteiger partial charge in [-0.15, -0.1) is 0 Å². The van der Waals surface area contributed by atoms with E-state index in [0.717, 1.165) is 25.9 Å². The molecule has 1 saturated heterocycles. The van der Waals surface area contributed by atoms with Crippen LogP contribution in [0.3, 0.4) is 0 Å². The van der Waals surface area contributed by atoms with Crippen LogP contribution in [-0.4, -0.2) is 30.0 Å².